The van der Waals surface area contributed by atoms with Crippen molar-refractivity contribution in [1.29, 1.82) is 0 Å². The minimum atomic E-state index is 0. The second-order valence-electron chi connectivity index (χ2n) is 35.9. The largest absolute Gasteiger partial charge is 1.00 e. The Morgan fingerprint density at radius 2 is 0.598 bits per heavy atom. The topological polar surface area (TPSA) is 0 Å². The van der Waals surface area contributed by atoms with Gasteiger partial charge in [0.05, 0.1) is 0 Å². The van der Waals surface area contributed by atoms with Crippen LogP contribution in [0.25, 0.3) is 259 Å². The predicted molar refractivity (Wildman–Crippen MR) is 458 cm³/mol. The smallest absolute Gasteiger partial charge is 0.327 e. The number of hydrogen-bond acceptors (Lipinski definition) is 0. The molecule has 25 aromatic rings. The summed E-state index contributed by atoms with van der Waals surface area (Å²) in [4.78, 5) is 0. The monoisotopic (exact) mass is 2390 g/mol. The van der Waals surface area contributed by atoms with E-state index in [-0.39, 0.29) is 716 Å². The first kappa shape index (κ1) is 96.7. The van der Waals surface area contributed by atoms with Crippen LogP contribution in [0.2, 0.25) is 0 Å². The molecule has 0 amide bonds. The molecule has 0 radical (unpaired) electrons. The van der Waals surface area contributed by atoms with Crippen LogP contribution < -0.4 is 709 Å². The van der Waals surface area contributed by atoms with Crippen molar-refractivity contribution in [2.45, 2.75) is 88.9 Å². The van der Waals surface area contributed by atoms with Gasteiger partial charge < -0.3 is 25.7 Å². The Kier molecular flexibility index (Phi) is 27.2. The van der Waals surface area contributed by atoms with E-state index in [1.165, 1.54) is 232 Å². The van der Waals surface area contributed by atoms with Crippen LogP contribution in [0.1, 0.15) is 123 Å². The molecule has 12 heteroatoms. The molecule has 1 saturated carbocycles. The number of aryl methyl sites for hydroxylation is 2. The quantitative estimate of drug-likeness (QED) is 0.0806. The maximum atomic E-state index is 4.05. The van der Waals surface area contributed by atoms with E-state index < -0.39 is 0 Å². The van der Waals surface area contributed by atoms with E-state index >= 15 is 0 Å². The summed E-state index contributed by atoms with van der Waals surface area (Å²) in [6.07, 6.45) is 19.4. The van der Waals surface area contributed by atoms with Gasteiger partial charge >= 0.3 is 698 Å². The molecule has 1 fully saturated rings. The van der Waals surface area contributed by atoms with Crippen LogP contribution >= 0.6 is 0 Å². The molecule has 34 rings (SSSR count). The van der Waals surface area contributed by atoms with Crippen molar-refractivity contribution in [2.75, 3.05) is 0 Å². The van der Waals surface area contributed by atoms with Crippen LogP contribution in [-0.4, -0.2) is 0 Å². The number of fused-ring (bicyclic) bond motifs is 24. The van der Waals surface area contributed by atoms with E-state index in [4.69, 9.17) is 0 Å². The van der Waals surface area contributed by atoms with E-state index in [1.54, 1.807) is 104 Å². The van der Waals surface area contributed by atoms with Gasteiger partial charge in [-0.05, 0) is 190 Å². The Labute approximate surface area is 1290 Å². The number of benzene rings is 25. The summed E-state index contributed by atoms with van der Waals surface area (Å²) in [6, 6.07) is 78.5. The van der Waals surface area contributed by atoms with Crippen LogP contribution in [-0.2, 0) is 19.3 Å². The third-order valence-corrected chi connectivity index (χ3v) is 32.4. The van der Waals surface area contributed by atoms with Crippen LogP contribution in [0, 0.1) is 99.9 Å². The Balaban J connectivity index is 0.000000741. The van der Waals surface area contributed by atoms with Gasteiger partial charge in [0, 0.05) is 0 Å². The van der Waals surface area contributed by atoms with Crippen LogP contribution in [0.5, 0.6) is 0 Å². The normalized spacial score (nSPS) is 19.0. The van der Waals surface area contributed by atoms with Gasteiger partial charge in [-0.15, -0.1) is 152 Å². The molecule has 504 valence electrons. The van der Waals surface area contributed by atoms with Crippen molar-refractivity contribution in [2.24, 2.45) is 11.8 Å². The molecule has 0 aliphatic heterocycles. The third-order valence-electron chi connectivity index (χ3n) is 32.4. The summed E-state index contributed by atoms with van der Waals surface area (Å²) >= 11 is 0. The number of rotatable bonds is 0. The van der Waals surface area contributed by atoms with Crippen LogP contribution in [0.15, 0.2) is 121 Å². The predicted octanol–water partition coefficient (Wildman–Crippen LogP) is -10.1. The fourth-order valence-corrected chi connectivity index (χ4v) is 29.9. The fraction of sp³-hybridized carbons (Fsp3) is 0.145. The second kappa shape index (κ2) is 34.3. The molecule has 9 aliphatic carbocycles. The van der Waals surface area contributed by atoms with Crippen LogP contribution in [0.3, 0.4) is 0 Å². The van der Waals surface area contributed by atoms with Gasteiger partial charge in [-0.1, -0.05) is 55.3 Å². The molecule has 6 atom stereocenters. The molecule has 25 aromatic carbocycles. The van der Waals surface area contributed by atoms with Gasteiger partial charge in [-0.2, -0.15) is 209 Å². The summed E-state index contributed by atoms with van der Waals surface area (Å²) in [7, 11) is 0. The zero-order valence-corrected chi connectivity index (χ0v) is 131. The Morgan fingerprint density at radius 1 is 0.246 bits per heavy atom. The minimum Gasteiger partial charge on any atom is -0.327 e. The maximum absolute atomic E-state index is 4.05. The van der Waals surface area contributed by atoms with Crippen LogP contribution in [0.4, 0.5) is 0 Å². The van der Waals surface area contributed by atoms with Crippen molar-refractivity contribution in [1.82, 2.24) is 0 Å². The SMILES string of the molecule is Cc1cc2c[c-]cc3c2c2c1c1cc[c-]cc1c1c4c[c-]cc5c6c7c8c9c%10c%11c(c8c8c[c-]cc%12c8c7c(c54)c(c3%12)c12)C[CH-]C[C@@H]%11c1c2c3c4c5c1C=%10[C@@H]([C@@H]1C[CH-]C[C@H]6C=91)[C@H]1C[CH-]Cc(c51)c1c5c[c-]cc6c5c5c(c(c7c[c-]cc8c7c5c5c6c6c[c-]cc7cc(C)c9c%10cc[c-]cc%10c8c5c9c76)[C@H]3C[CH-]C2)c41.[Rb+].[Rb+].[Rb+].[Rb+].[Rb+].[Rb+].[Rb+].[Rb+].[Rb+].[Rb+].[Rb+].[Rb+]. The zero-order valence-electron chi connectivity index (χ0n) is 72.0. The average molecular weight is 2400 g/mol. The summed E-state index contributed by atoms with van der Waals surface area (Å²) in [5.41, 5.74) is 22.7. The molecular formula is C110H52Rb12. The van der Waals surface area contributed by atoms with Gasteiger partial charge in [-0.3, -0.25) is 0 Å². The van der Waals surface area contributed by atoms with Gasteiger partial charge in [0.25, 0.3) is 0 Å². The first-order valence-corrected chi connectivity index (χ1v) is 40.7. The third kappa shape index (κ3) is 11.2. The van der Waals surface area contributed by atoms with E-state index in [1.807, 2.05) is 0 Å². The first-order chi connectivity index (χ1) is 54.6. The summed E-state index contributed by atoms with van der Waals surface area (Å²) in [5, 5.41) is 68.4. The van der Waals surface area contributed by atoms with Gasteiger partial charge in [0.1, 0.15) is 0 Å². The zero-order chi connectivity index (χ0) is 69.5. The molecule has 0 unspecified atom stereocenters. The summed E-state index contributed by atoms with van der Waals surface area (Å²) in [6.45, 7) is 4.71. The first-order valence-electron chi connectivity index (χ1n) is 40.7. The minimum absolute atomic E-state index is 0. The van der Waals surface area contributed by atoms with E-state index in [0.29, 0.717) is 17.8 Å². The molecule has 0 heterocycles. The average Bonchev–Trinajstić information content (AvgIpc) is 0.628. The van der Waals surface area contributed by atoms with Crippen molar-refractivity contribution in [3.8, 4) is 0 Å². The van der Waals surface area contributed by atoms with E-state index in [9.17, 15) is 0 Å². The molecule has 0 nitrogen and oxygen atoms in total. The Morgan fingerprint density at radius 3 is 1.11 bits per heavy atom. The molecule has 0 spiro atoms. The van der Waals surface area contributed by atoms with Crippen molar-refractivity contribution >= 4 is 259 Å². The molecule has 0 aromatic heterocycles. The second-order valence-corrected chi connectivity index (χ2v) is 35.9. The van der Waals surface area contributed by atoms with Gasteiger partial charge in [0.15, 0.2) is 0 Å². The molecule has 0 bridgehead atoms. The van der Waals surface area contributed by atoms with Crippen molar-refractivity contribution < 1.29 is 698 Å². The van der Waals surface area contributed by atoms with E-state index in [2.05, 4.69) is 209 Å². The molecule has 0 saturated heterocycles. The van der Waals surface area contributed by atoms with Gasteiger partial charge in [0.2, 0.25) is 0 Å². The molecule has 122 heavy (non-hydrogen) atoms. The Bertz CT molecular complexity index is 9330. The van der Waals surface area contributed by atoms with E-state index in [0.717, 1.165) is 51.4 Å². The molecule has 9 aliphatic rings. The van der Waals surface area contributed by atoms with Gasteiger partial charge in [-0.25, -0.2) is 0 Å². The molecule has 0 N–H and O–H groups in total. The van der Waals surface area contributed by atoms with Crippen molar-refractivity contribution in [3.05, 3.63) is 273 Å². The fourth-order valence-electron chi connectivity index (χ4n) is 29.9. The maximum Gasteiger partial charge on any atom is 1.00 e. The number of hydrogen-bond donors (Lipinski definition) is 0. The molecular weight excluding hydrogens is 2350 g/mol. The Hall–Kier alpha value is 9.96. The summed E-state index contributed by atoms with van der Waals surface area (Å²) in [5.74, 6) is 1.61. The summed E-state index contributed by atoms with van der Waals surface area (Å²) < 4.78 is 0. The van der Waals surface area contributed by atoms with Crippen molar-refractivity contribution in [3.63, 3.8) is 0 Å². The standard InChI is InChI=1S/C110H52.12Rb/c1-43-41-45-17-7-23-51-71(45)91-69(43)47-19-3-5-21-49(47)73-53-25-9-29-57-77(53)97-95(93(73)91)75(51)55-27-11-31-59-79(55)99(97)101-81(57)61-33-13-37-65-85(61)105-103(101)83(59)63-35-15-39-67-87(63)107(105)109-89(65)68-40-16-36-64-84-60-32-12-28-56-76-52-24-8-18-46-42-44(2)70-48-20-4-6-22-50(48)74-54-26-10-30-58-78(54)98(96(76)94(74)92(70)72(46)52)100(80(56)60)102-82(58)62-34-14-38-66-86(62)106(104(84)102)108(88(64)68)110(109)90(66)67;;;;;;;;;;;;/h3-4,13-32,41-42,61-62,65,67-68,89H,33-40H2,1-2H3;;;;;;;;;;;;/q-12;12*+1/t61-,62-,65-,67+,68+,89+;;;;;;;;;;;;/m1............/s1.